The minimum absolute atomic E-state index is 0.505. The van der Waals surface area contributed by atoms with Gasteiger partial charge in [0.25, 0.3) is 0 Å². The van der Waals surface area contributed by atoms with Crippen molar-refractivity contribution >= 4 is 0 Å². The van der Waals surface area contributed by atoms with Crippen molar-refractivity contribution in [2.75, 3.05) is 13.1 Å². The van der Waals surface area contributed by atoms with Crippen molar-refractivity contribution in [3.05, 3.63) is 17.5 Å². The van der Waals surface area contributed by atoms with Gasteiger partial charge >= 0.3 is 0 Å². The summed E-state index contributed by atoms with van der Waals surface area (Å²) >= 11 is 0. The molecule has 16 heavy (non-hydrogen) atoms. The molecule has 90 valence electrons. The summed E-state index contributed by atoms with van der Waals surface area (Å²) < 4.78 is 1.91. The number of hydrogen-bond donors (Lipinski definition) is 1. The van der Waals surface area contributed by atoms with E-state index < -0.39 is 0 Å². The maximum Gasteiger partial charge on any atom is 0.0799 e. The van der Waals surface area contributed by atoms with Crippen molar-refractivity contribution < 1.29 is 0 Å². The second kappa shape index (κ2) is 4.97. The molecule has 2 heterocycles. The molecule has 1 aromatic heterocycles. The predicted octanol–water partition coefficient (Wildman–Crippen LogP) is 1.43. The Labute approximate surface area is 97.4 Å². The summed E-state index contributed by atoms with van der Waals surface area (Å²) in [7, 11) is 1.98. The van der Waals surface area contributed by atoms with Crippen LogP contribution in [0.15, 0.2) is 6.07 Å². The second-order valence-electron chi connectivity index (χ2n) is 4.53. The predicted molar refractivity (Wildman–Crippen MR) is 64.9 cm³/mol. The third-order valence-electron chi connectivity index (χ3n) is 3.57. The molecule has 1 aliphatic heterocycles. The summed E-state index contributed by atoms with van der Waals surface area (Å²) in [6.45, 7) is 5.11. The second-order valence-corrected chi connectivity index (χ2v) is 4.53. The van der Waals surface area contributed by atoms with Gasteiger partial charge in [0.15, 0.2) is 0 Å². The Balaban J connectivity index is 2.20. The molecule has 4 heteroatoms. The number of aromatic nitrogens is 2. The summed E-state index contributed by atoms with van der Waals surface area (Å²) in [6, 6.07) is 2.67. The van der Waals surface area contributed by atoms with Gasteiger partial charge in [-0.15, -0.1) is 0 Å². The largest absolute Gasteiger partial charge is 0.325 e. The van der Waals surface area contributed by atoms with Crippen molar-refractivity contribution in [2.45, 2.75) is 38.8 Å². The van der Waals surface area contributed by atoms with Gasteiger partial charge in [-0.05, 0) is 32.0 Å². The van der Waals surface area contributed by atoms with Gasteiger partial charge in [0.1, 0.15) is 0 Å². The van der Waals surface area contributed by atoms with Crippen molar-refractivity contribution in [3.8, 4) is 0 Å². The van der Waals surface area contributed by atoms with E-state index in [2.05, 4.69) is 23.0 Å². The molecule has 0 aromatic carbocycles. The zero-order chi connectivity index (χ0) is 11.5. The molecule has 0 aliphatic carbocycles. The maximum absolute atomic E-state index is 5.69. The number of nitrogens with two attached hydrogens (primary N) is 1. The first-order valence-electron chi connectivity index (χ1n) is 6.23. The molecule has 0 amide bonds. The summed E-state index contributed by atoms with van der Waals surface area (Å²) in [6.07, 6.45) is 3.87. The van der Waals surface area contributed by atoms with E-state index in [0.717, 1.165) is 12.2 Å². The van der Waals surface area contributed by atoms with Gasteiger partial charge in [-0.3, -0.25) is 9.58 Å². The van der Waals surface area contributed by atoms with Crippen LogP contribution in [0.4, 0.5) is 0 Å². The lowest BCUT2D eigenvalue weighted by molar-refractivity contribution is 0.153. The monoisotopic (exact) mass is 222 g/mol. The van der Waals surface area contributed by atoms with Crippen molar-refractivity contribution in [1.82, 2.24) is 14.7 Å². The van der Waals surface area contributed by atoms with Crippen molar-refractivity contribution in [2.24, 2.45) is 12.8 Å². The molecule has 2 N–H and O–H groups in total. The molecule has 1 aromatic rings. The quantitative estimate of drug-likeness (QED) is 0.841. The summed E-state index contributed by atoms with van der Waals surface area (Å²) in [5.74, 6) is 0. The highest BCUT2D eigenvalue weighted by molar-refractivity contribution is 5.14. The molecular weight excluding hydrogens is 200 g/mol. The van der Waals surface area contributed by atoms with E-state index >= 15 is 0 Å². The molecule has 0 saturated carbocycles. The molecule has 1 saturated heterocycles. The maximum atomic E-state index is 5.69. The smallest absolute Gasteiger partial charge is 0.0799 e. The van der Waals surface area contributed by atoms with E-state index in [0.29, 0.717) is 12.6 Å². The highest BCUT2D eigenvalue weighted by atomic mass is 15.3. The van der Waals surface area contributed by atoms with Crippen LogP contribution in [0.3, 0.4) is 0 Å². The lowest BCUT2D eigenvalue weighted by Crippen LogP contribution is -2.33. The van der Waals surface area contributed by atoms with Crippen LogP contribution in [0.2, 0.25) is 0 Å². The fourth-order valence-electron chi connectivity index (χ4n) is 2.59. The molecular formula is C12H22N4. The Kier molecular flexibility index (Phi) is 3.61. The van der Waals surface area contributed by atoms with Gasteiger partial charge in [0.2, 0.25) is 0 Å². The summed E-state index contributed by atoms with van der Waals surface area (Å²) in [4.78, 5) is 2.52. The van der Waals surface area contributed by atoms with Gasteiger partial charge in [-0.2, -0.15) is 5.10 Å². The van der Waals surface area contributed by atoms with Gasteiger partial charge in [0, 0.05) is 13.6 Å². The van der Waals surface area contributed by atoms with Crippen LogP contribution in [0.25, 0.3) is 0 Å². The number of rotatable bonds is 3. The number of aryl methyl sites for hydroxylation is 1. The Morgan fingerprint density at radius 3 is 2.94 bits per heavy atom. The number of piperidine rings is 1. The van der Waals surface area contributed by atoms with Gasteiger partial charge in [-0.1, -0.05) is 13.3 Å². The van der Waals surface area contributed by atoms with Crippen LogP contribution in [0, 0.1) is 0 Å². The molecule has 1 aliphatic rings. The van der Waals surface area contributed by atoms with Gasteiger partial charge in [-0.25, -0.2) is 0 Å². The van der Waals surface area contributed by atoms with E-state index in [1.807, 2.05) is 11.7 Å². The van der Waals surface area contributed by atoms with Crippen molar-refractivity contribution in [3.63, 3.8) is 0 Å². The fourth-order valence-corrected chi connectivity index (χ4v) is 2.59. The van der Waals surface area contributed by atoms with Gasteiger partial charge in [0.05, 0.1) is 17.4 Å². The van der Waals surface area contributed by atoms with Crippen LogP contribution >= 0.6 is 0 Å². The minimum Gasteiger partial charge on any atom is -0.325 e. The zero-order valence-electron chi connectivity index (χ0n) is 10.3. The Hall–Kier alpha value is -0.870. The van der Waals surface area contributed by atoms with Crippen LogP contribution in [0.5, 0.6) is 0 Å². The zero-order valence-corrected chi connectivity index (χ0v) is 10.3. The van der Waals surface area contributed by atoms with E-state index in [9.17, 15) is 0 Å². The highest BCUT2D eigenvalue weighted by Gasteiger charge is 2.24. The van der Waals surface area contributed by atoms with Crippen LogP contribution in [-0.2, 0) is 13.6 Å². The molecule has 0 radical (unpaired) electrons. The van der Waals surface area contributed by atoms with Crippen molar-refractivity contribution in [1.29, 1.82) is 0 Å². The van der Waals surface area contributed by atoms with Crippen LogP contribution < -0.4 is 5.73 Å². The number of hydrogen-bond acceptors (Lipinski definition) is 3. The summed E-state index contributed by atoms with van der Waals surface area (Å²) in [5, 5.41) is 4.60. The van der Waals surface area contributed by atoms with E-state index in [-0.39, 0.29) is 0 Å². The van der Waals surface area contributed by atoms with Crippen LogP contribution in [0.1, 0.15) is 43.6 Å². The Morgan fingerprint density at radius 1 is 1.50 bits per heavy atom. The highest BCUT2D eigenvalue weighted by Crippen LogP contribution is 2.29. The summed E-state index contributed by atoms with van der Waals surface area (Å²) in [5.41, 5.74) is 8.01. The Bertz CT molecular complexity index is 345. The third-order valence-corrected chi connectivity index (χ3v) is 3.57. The van der Waals surface area contributed by atoms with E-state index in [1.165, 1.54) is 31.5 Å². The minimum atomic E-state index is 0.505. The lowest BCUT2D eigenvalue weighted by Gasteiger charge is -2.33. The first-order valence-corrected chi connectivity index (χ1v) is 6.23. The molecule has 0 spiro atoms. The number of likely N-dealkylation sites (tertiary alicyclic amines) is 1. The molecule has 1 unspecified atom stereocenters. The van der Waals surface area contributed by atoms with E-state index in [1.54, 1.807) is 0 Å². The molecule has 0 bridgehead atoms. The Morgan fingerprint density at radius 2 is 2.31 bits per heavy atom. The topological polar surface area (TPSA) is 47.1 Å². The third kappa shape index (κ3) is 2.13. The fraction of sp³-hybridized carbons (Fsp3) is 0.750. The first-order chi connectivity index (χ1) is 7.76. The number of nitrogens with zero attached hydrogens (tertiary/aromatic N) is 3. The molecule has 1 fully saturated rings. The average molecular weight is 222 g/mol. The van der Waals surface area contributed by atoms with Gasteiger partial charge < -0.3 is 5.73 Å². The molecule has 4 nitrogen and oxygen atoms in total. The lowest BCUT2D eigenvalue weighted by atomic mass is 9.99. The van der Waals surface area contributed by atoms with Crippen LogP contribution in [-0.4, -0.2) is 27.8 Å². The average Bonchev–Trinajstić information content (AvgIpc) is 2.70. The molecule has 2 rings (SSSR count). The first kappa shape index (κ1) is 11.6. The molecule has 1 atom stereocenters. The normalized spacial score (nSPS) is 22.6. The van der Waals surface area contributed by atoms with E-state index in [4.69, 9.17) is 5.73 Å². The SMILES string of the molecule is CCN1CCCCC1c1cc(CN)n(C)n1. The standard InChI is InChI=1S/C12H22N4/c1-3-16-7-5-4-6-12(16)11-8-10(9-13)15(2)14-11/h8,12H,3-7,9,13H2,1-2H3.